The highest BCUT2D eigenvalue weighted by molar-refractivity contribution is 9.10. The molecule has 2 rings (SSSR count). The zero-order chi connectivity index (χ0) is 12.3. The van der Waals surface area contributed by atoms with Crippen LogP contribution < -0.4 is 10.5 Å². The number of thiazole rings is 1. The molecule has 0 aliphatic rings. The molecule has 0 bridgehead atoms. The van der Waals surface area contributed by atoms with Crippen LogP contribution in [-0.4, -0.2) is 12.1 Å². The molecule has 0 saturated carbocycles. The van der Waals surface area contributed by atoms with Crippen LogP contribution in [0.3, 0.4) is 0 Å². The summed E-state index contributed by atoms with van der Waals surface area (Å²) in [6.45, 7) is 0. The molecule has 1 aromatic carbocycles. The van der Waals surface area contributed by atoms with E-state index in [1.807, 2.05) is 23.6 Å². The Hall–Kier alpha value is -0.910. The molecule has 1 aromatic heterocycles. The van der Waals surface area contributed by atoms with Gasteiger partial charge in [0.05, 0.1) is 28.8 Å². The molecule has 0 spiro atoms. The molecule has 5 heteroatoms. The van der Waals surface area contributed by atoms with E-state index in [4.69, 9.17) is 10.5 Å². The second-order valence-electron chi connectivity index (χ2n) is 3.69. The monoisotopic (exact) mass is 312 g/mol. The fourth-order valence-electron chi connectivity index (χ4n) is 1.60. The highest BCUT2D eigenvalue weighted by Gasteiger charge is 2.10. The van der Waals surface area contributed by atoms with Crippen LogP contribution in [0.2, 0.25) is 0 Å². The molecule has 1 atom stereocenters. The molecule has 0 amide bonds. The van der Waals surface area contributed by atoms with Crippen molar-refractivity contribution < 1.29 is 4.74 Å². The van der Waals surface area contributed by atoms with Gasteiger partial charge >= 0.3 is 0 Å². The summed E-state index contributed by atoms with van der Waals surface area (Å²) in [5.74, 6) is 0.830. The van der Waals surface area contributed by atoms with Gasteiger partial charge in [0.25, 0.3) is 0 Å². The molecule has 0 fully saturated rings. The van der Waals surface area contributed by atoms with Crippen molar-refractivity contribution >= 4 is 27.3 Å². The zero-order valence-corrected chi connectivity index (χ0v) is 11.8. The van der Waals surface area contributed by atoms with Gasteiger partial charge in [0.2, 0.25) is 0 Å². The maximum atomic E-state index is 6.09. The molecule has 1 heterocycles. The number of rotatable bonds is 4. The summed E-state index contributed by atoms with van der Waals surface area (Å²) >= 11 is 5.03. The topological polar surface area (TPSA) is 48.1 Å². The van der Waals surface area contributed by atoms with E-state index >= 15 is 0 Å². The van der Waals surface area contributed by atoms with Gasteiger partial charge in [-0.1, -0.05) is 6.07 Å². The molecule has 1 unspecified atom stereocenters. The Balaban J connectivity index is 2.11. The van der Waals surface area contributed by atoms with Crippen molar-refractivity contribution in [3.05, 3.63) is 44.8 Å². The second-order valence-corrected chi connectivity index (χ2v) is 5.27. The number of methoxy groups -OCH3 is 1. The van der Waals surface area contributed by atoms with Crippen molar-refractivity contribution in [1.29, 1.82) is 0 Å². The smallest absolute Gasteiger partial charge is 0.133 e. The first-order valence-corrected chi connectivity index (χ1v) is 6.90. The van der Waals surface area contributed by atoms with Gasteiger partial charge in [-0.2, -0.15) is 0 Å². The summed E-state index contributed by atoms with van der Waals surface area (Å²) in [6.07, 6.45) is 0.770. The molecule has 3 nitrogen and oxygen atoms in total. The van der Waals surface area contributed by atoms with Crippen molar-refractivity contribution in [3.8, 4) is 5.75 Å². The average Bonchev–Trinajstić information content (AvgIpc) is 2.82. The molecule has 0 saturated heterocycles. The average molecular weight is 313 g/mol. The predicted molar refractivity (Wildman–Crippen MR) is 73.4 cm³/mol. The maximum absolute atomic E-state index is 6.09. The number of nitrogens with zero attached hydrogens (tertiary/aromatic N) is 1. The van der Waals surface area contributed by atoms with Gasteiger partial charge < -0.3 is 10.5 Å². The molecule has 2 N–H and O–H groups in total. The van der Waals surface area contributed by atoms with Crippen molar-refractivity contribution in [2.75, 3.05) is 7.11 Å². The lowest BCUT2D eigenvalue weighted by molar-refractivity contribution is 0.412. The molecule has 17 heavy (non-hydrogen) atoms. The molecular formula is C12H13BrN2OS. The normalized spacial score (nSPS) is 12.4. The lowest BCUT2D eigenvalue weighted by Gasteiger charge is -2.10. The van der Waals surface area contributed by atoms with E-state index in [-0.39, 0.29) is 6.04 Å². The Morgan fingerprint density at radius 3 is 2.94 bits per heavy atom. The minimum absolute atomic E-state index is 0.0541. The third kappa shape index (κ3) is 3.06. The quantitative estimate of drug-likeness (QED) is 0.943. The maximum Gasteiger partial charge on any atom is 0.133 e. The minimum Gasteiger partial charge on any atom is -0.496 e. The van der Waals surface area contributed by atoms with Gasteiger partial charge in [-0.3, -0.25) is 0 Å². The summed E-state index contributed by atoms with van der Waals surface area (Å²) in [7, 11) is 1.65. The first kappa shape index (κ1) is 12.5. The molecule has 90 valence electrons. The van der Waals surface area contributed by atoms with E-state index in [0.717, 1.165) is 27.9 Å². The number of hydrogen-bond donors (Lipinski definition) is 1. The number of benzene rings is 1. The van der Waals surface area contributed by atoms with E-state index in [9.17, 15) is 0 Å². The van der Waals surface area contributed by atoms with Crippen molar-refractivity contribution in [2.24, 2.45) is 5.73 Å². The number of hydrogen-bond acceptors (Lipinski definition) is 4. The number of nitrogens with two attached hydrogens (primary N) is 1. The Morgan fingerprint density at radius 2 is 2.35 bits per heavy atom. The molecule has 0 aliphatic carbocycles. The van der Waals surface area contributed by atoms with Crippen molar-refractivity contribution in [1.82, 2.24) is 4.98 Å². The molecule has 0 aliphatic heterocycles. The van der Waals surface area contributed by atoms with Crippen LogP contribution in [0.5, 0.6) is 5.75 Å². The molecule has 2 aromatic rings. The third-order valence-corrected chi connectivity index (χ3v) is 3.73. The van der Waals surface area contributed by atoms with Crippen molar-refractivity contribution in [2.45, 2.75) is 12.5 Å². The minimum atomic E-state index is -0.0541. The predicted octanol–water partition coefficient (Wildman–Crippen LogP) is 3.16. The Labute approximate surface area is 113 Å². The first-order chi connectivity index (χ1) is 8.20. The van der Waals surface area contributed by atoms with E-state index in [0.29, 0.717) is 0 Å². The van der Waals surface area contributed by atoms with Gasteiger partial charge in [-0.05, 0) is 40.0 Å². The first-order valence-electron chi connectivity index (χ1n) is 5.17. The SMILES string of the molecule is COc1ccc(CC(N)c2cscn2)cc1Br. The summed E-state index contributed by atoms with van der Waals surface area (Å²) in [5.41, 5.74) is 10.0. The highest BCUT2D eigenvalue weighted by atomic mass is 79.9. The van der Waals surface area contributed by atoms with E-state index < -0.39 is 0 Å². The number of ether oxygens (including phenoxy) is 1. The fraction of sp³-hybridized carbons (Fsp3) is 0.250. The lowest BCUT2D eigenvalue weighted by atomic mass is 10.0. The summed E-state index contributed by atoms with van der Waals surface area (Å²) in [4.78, 5) is 4.23. The van der Waals surface area contributed by atoms with Gasteiger partial charge in [-0.15, -0.1) is 11.3 Å². The summed E-state index contributed by atoms with van der Waals surface area (Å²) in [5, 5.41) is 1.99. The third-order valence-electron chi connectivity index (χ3n) is 2.50. The summed E-state index contributed by atoms with van der Waals surface area (Å²) < 4.78 is 6.14. The lowest BCUT2D eigenvalue weighted by Crippen LogP contribution is -2.13. The van der Waals surface area contributed by atoms with Crippen molar-refractivity contribution in [3.63, 3.8) is 0 Å². The number of aromatic nitrogens is 1. The molecular weight excluding hydrogens is 300 g/mol. The van der Waals surface area contributed by atoms with Gasteiger partial charge in [-0.25, -0.2) is 4.98 Å². The van der Waals surface area contributed by atoms with E-state index in [2.05, 4.69) is 20.9 Å². The van der Waals surface area contributed by atoms with Crippen LogP contribution in [0.15, 0.2) is 33.6 Å². The molecule has 0 radical (unpaired) electrons. The van der Waals surface area contributed by atoms with Crippen LogP contribution in [0.25, 0.3) is 0 Å². The van der Waals surface area contributed by atoms with Crippen LogP contribution in [0, 0.1) is 0 Å². The van der Waals surface area contributed by atoms with Crippen LogP contribution in [-0.2, 0) is 6.42 Å². The fourth-order valence-corrected chi connectivity index (χ4v) is 2.81. The standard InChI is InChI=1S/C12H13BrN2OS/c1-16-12-3-2-8(4-9(12)13)5-10(14)11-6-17-7-15-11/h2-4,6-7,10H,5,14H2,1H3. The zero-order valence-electron chi connectivity index (χ0n) is 9.39. The Kier molecular flexibility index (Phi) is 4.15. The van der Waals surface area contributed by atoms with Crippen LogP contribution >= 0.6 is 27.3 Å². The number of halogens is 1. The second kappa shape index (κ2) is 5.62. The van der Waals surface area contributed by atoms with Gasteiger partial charge in [0, 0.05) is 5.38 Å². The van der Waals surface area contributed by atoms with Crippen LogP contribution in [0.4, 0.5) is 0 Å². The van der Waals surface area contributed by atoms with Crippen LogP contribution in [0.1, 0.15) is 17.3 Å². The van der Waals surface area contributed by atoms with E-state index in [1.165, 1.54) is 0 Å². The van der Waals surface area contributed by atoms with E-state index in [1.54, 1.807) is 24.0 Å². The summed E-state index contributed by atoms with van der Waals surface area (Å²) in [6, 6.07) is 5.94. The largest absolute Gasteiger partial charge is 0.496 e. The van der Waals surface area contributed by atoms with Gasteiger partial charge in [0.15, 0.2) is 0 Å². The Morgan fingerprint density at radius 1 is 1.53 bits per heavy atom. The van der Waals surface area contributed by atoms with Gasteiger partial charge in [0.1, 0.15) is 5.75 Å². The Bertz CT molecular complexity index is 487. The highest BCUT2D eigenvalue weighted by Crippen LogP contribution is 2.27.